The van der Waals surface area contributed by atoms with Gasteiger partial charge in [0.2, 0.25) is 11.8 Å². The molecule has 5 nitrogen and oxygen atoms in total. The number of carbonyl (C=O) groups excluding carboxylic acids is 3. The van der Waals surface area contributed by atoms with Gasteiger partial charge in [-0.3, -0.25) is 24.2 Å². The minimum absolute atomic E-state index is 0.171. The van der Waals surface area contributed by atoms with Crippen LogP contribution in [0.3, 0.4) is 0 Å². The number of anilines is 2. The van der Waals surface area contributed by atoms with Gasteiger partial charge in [0, 0.05) is 6.42 Å². The van der Waals surface area contributed by atoms with Gasteiger partial charge in [-0.2, -0.15) is 0 Å². The first-order chi connectivity index (χ1) is 17.6. The number of hydrogen-bond donors (Lipinski definition) is 0. The molecule has 1 saturated carbocycles. The largest absolute Gasteiger partial charge is 0.279 e. The van der Waals surface area contributed by atoms with E-state index < -0.39 is 6.04 Å². The van der Waals surface area contributed by atoms with Crippen LogP contribution in [0.2, 0.25) is 0 Å². The Morgan fingerprint density at radius 3 is 1.78 bits per heavy atom. The maximum Gasteiger partial charge on any atom is 0.255 e. The monoisotopic (exact) mass is 478 g/mol. The Morgan fingerprint density at radius 1 is 0.722 bits per heavy atom. The summed E-state index contributed by atoms with van der Waals surface area (Å²) in [4.78, 5) is 45.1. The van der Waals surface area contributed by atoms with Gasteiger partial charge in [0.1, 0.15) is 6.04 Å². The average molecular weight is 479 g/mol. The molecule has 3 amide bonds. The van der Waals surface area contributed by atoms with Crippen molar-refractivity contribution in [1.82, 2.24) is 4.90 Å². The second kappa shape index (κ2) is 9.38. The van der Waals surface area contributed by atoms with E-state index in [1.165, 1.54) is 4.90 Å². The van der Waals surface area contributed by atoms with E-state index in [-0.39, 0.29) is 29.6 Å². The fourth-order valence-corrected chi connectivity index (χ4v) is 6.29. The van der Waals surface area contributed by atoms with Crippen molar-refractivity contribution in [2.24, 2.45) is 11.8 Å². The highest BCUT2D eigenvalue weighted by atomic mass is 16.2. The molecule has 3 aromatic rings. The lowest BCUT2D eigenvalue weighted by Gasteiger charge is -2.33. The third-order valence-corrected chi connectivity index (χ3v) is 8.09. The summed E-state index contributed by atoms with van der Waals surface area (Å²) in [5.74, 6) is -1.14. The summed E-state index contributed by atoms with van der Waals surface area (Å²) in [5, 5.41) is 0. The zero-order chi connectivity index (χ0) is 24.6. The van der Waals surface area contributed by atoms with Gasteiger partial charge in [-0.1, -0.05) is 79.6 Å². The van der Waals surface area contributed by atoms with Gasteiger partial charge in [-0.05, 0) is 54.5 Å². The van der Waals surface area contributed by atoms with Crippen LogP contribution in [0, 0.1) is 11.8 Å². The fraction of sp³-hybridized carbons (Fsp3) is 0.323. The van der Waals surface area contributed by atoms with E-state index >= 15 is 0 Å². The van der Waals surface area contributed by atoms with Crippen molar-refractivity contribution in [3.05, 3.63) is 95.6 Å². The molecule has 1 aliphatic carbocycles. The van der Waals surface area contributed by atoms with Gasteiger partial charge in [-0.15, -0.1) is 0 Å². The lowest BCUT2D eigenvalue weighted by molar-refractivity contribution is -0.147. The fourth-order valence-electron chi connectivity index (χ4n) is 6.29. The molecule has 6 rings (SSSR count). The first kappa shape index (κ1) is 22.7. The van der Waals surface area contributed by atoms with Crippen LogP contribution in [-0.2, 0) is 33.6 Å². The highest BCUT2D eigenvalue weighted by molar-refractivity contribution is 6.12. The lowest BCUT2D eigenvalue weighted by atomic mass is 9.81. The Bertz CT molecular complexity index is 1250. The summed E-state index contributed by atoms with van der Waals surface area (Å²) in [6, 6.07) is 24.8. The van der Waals surface area contributed by atoms with E-state index in [1.807, 2.05) is 66.7 Å². The third-order valence-electron chi connectivity index (χ3n) is 8.09. The van der Waals surface area contributed by atoms with Crippen molar-refractivity contribution in [1.29, 1.82) is 0 Å². The Labute approximate surface area is 211 Å². The molecule has 0 bridgehead atoms. The SMILES string of the molecule is O=C(C(Cc1ccccc1)N1C(=O)C2CCCCC2C1=O)N1c2ccccc2CCc2ccccc21. The molecule has 182 valence electrons. The Balaban J connectivity index is 1.47. The van der Waals surface area contributed by atoms with Crippen molar-refractivity contribution in [2.45, 2.75) is 51.0 Å². The van der Waals surface area contributed by atoms with Crippen LogP contribution in [0.1, 0.15) is 42.4 Å². The maximum atomic E-state index is 14.6. The number of fused-ring (bicyclic) bond motifs is 3. The number of hydrogen-bond acceptors (Lipinski definition) is 3. The molecular weight excluding hydrogens is 448 g/mol. The zero-order valence-corrected chi connectivity index (χ0v) is 20.3. The van der Waals surface area contributed by atoms with Crippen molar-refractivity contribution in [3.8, 4) is 0 Å². The molecule has 36 heavy (non-hydrogen) atoms. The minimum atomic E-state index is -0.891. The topological polar surface area (TPSA) is 57.7 Å². The normalized spacial score (nSPS) is 21.9. The molecule has 0 radical (unpaired) electrons. The van der Waals surface area contributed by atoms with Gasteiger partial charge < -0.3 is 0 Å². The quantitative estimate of drug-likeness (QED) is 0.482. The highest BCUT2D eigenvalue weighted by Crippen LogP contribution is 2.41. The van der Waals surface area contributed by atoms with Gasteiger partial charge >= 0.3 is 0 Å². The molecule has 1 saturated heterocycles. The molecule has 2 fully saturated rings. The predicted molar refractivity (Wildman–Crippen MR) is 139 cm³/mol. The van der Waals surface area contributed by atoms with Crippen LogP contribution in [0.15, 0.2) is 78.9 Å². The molecule has 2 aliphatic heterocycles. The first-order valence-corrected chi connectivity index (χ1v) is 13.0. The number of para-hydroxylation sites is 2. The highest BCUT2D eigenvalue weighted by Gasteiger charge is 2.52. The number of benzene rings is 3. The summed E-state index contributed by atoms with van der Waals surface area (Å²) in [6.07, 6.45) is 5.33. The second-order valence-electron chi connectivity index (χ2n) is 10.2. The molecule has 0 aromatic heterocycles. The van der Waals surface area contributed by atoms with E-state index in [4.69, 9.17) is 0 Å². The zero-order valence-electron chi connectivity index (χ0n) is 20.3. The maximum absolute atomic E-state index is 14.6. The van der Waals surface area contributed by atoms with E-state index in [9.17, 15) is 14.4 Å². The molecule has 3 aliphatic rings. The van der Waals surface area contributed by atoms with Crippen molar-refractivity contribution < 1.29 is 14.4 Å². The van der Waals surface area contributed by atoms with Gasteiger partial charge in [0.25, 0.3) is 5.91 Å². The average Bonchev–Trinajstić information content (AvgIpc) is 3.07. The summed E-state index contributed by atoms with van der Waals surface area (Å²) in [5.41, 5.74) is 4.79. The minimum Gasteiger partial charge on any atom is -0.279 e. The summed E-state index contributed by atoms with van der Waals surface area (Å²) in [7, 11) is 0. The molecule has 0 spiro atoms. The van der Waals surface area contributed by atoms with Crippen LogP contribution >= 0.6 is 0 Å². The Hall–Kier alpha value is -3.73. The first-order valence-electron chi connectivity index (χ1n) is 13.0. The van der Waals surface area contributed by atoms with Gasteiger partial charge in [0.15, 0.2) is 0 Å². The summed E-state index contributed by atoms with van der Waals surface area (Å²) >= 11 is 0. The van der Waals surface area contributed by atoms with Gasteiger partial charge in [0.05, 0.1) is 23.2 Å². The summed E-state index contributed by atoms with van der Waals surface area (Å²) < 4.78 is 0. The van der Waals surface area contributed by atoms with E-state index in [1.54, 1.807) is 4.90 Å². The van der Waals surface area contributed by atoms with Crippen molar-refractivity contribution in [3.63, 3.8) is 0 Å². The van der Waals surface area contributed by atoms with Crippen LogP contribution in [0.25, 0.3) is 0 Å². The molecule has 3 aromatic carbocycles. The standard InChI is InChI=1S/C31H30N2O3/c34-29-24-14-6-7-15-25(24)30(35)33(29)28(20-21-10-2-1-3-11-21)31(36)32-26-16-8-4-12-22(26)18-19-23-13-5-9-17-27(23)32/h1-5,8-13,16-17,24-25,28H,6-7,14-15,18-20H2. The molecule has 2 heterocycles. The van der Waals surface area contributed by atoms with Crippen molar-refractivity contribution >= 4 is 29.1 Å². The number of rotatable bonds is 4. The lowest BCUT2D eigenvalue weighted by Crippen LogP contribution is -2.51. The molecule has 0 N–H and O–H groups in total. The molecule has 3 unspecified atom stereocenters. The van der Waals surface area contributed by atoms with Crippen LogP contribution < -0.4 is 4.90 Å². The summed E-state index contributed by atoms with van der Waals surface area (Å²) in [6.45, 7) is 0. The Kier molecular flexibility index (Phi) is 5.92. The number of nitrogens with zero attached hydrogens (tertiary/aromatic N) is 2. The van der Waals surface area contributed by atoms with E-state index in [2.05, 4.69) is 12.1 Å². The van der Waals surface area contributed by atoms with Crippen LogP contribution in [0.4, 0.5) is 11.4 Å². The smallest absolute Gasteiger partial charge is 0.255 e. The predicted octanol–water partition coefficient (Wildman–Crippen LogP) is 5.24. The third kappa shape index (κ3) is 3.83. The molecule has 3 atom stereocenters. The number of carbonyl (C=O) groups is 3. The number of amides is 3. The van der Waals surface area contributed by atoms with Crippen LogP contribution in [-0.4, -0.2) is 28.7 Å². The number of aryl methyl sites for hydroxylation is 2. The van der Waals surface area contributed by atoms with Crippen molar-refractivity contribution in [2.75, 3.05) is 4.90 Å². The van der Waals surface area contributed by atoms with Gasteiger partial charge in [-0.25, -0.2) is 0 Å². The second-order valence-corrected chi connectivity index (χ2v) is 10.2. The van der Waals surface area contributed by atoms with E-state index in [0.29, 0.717) is 6.42 Å². The Morgan fingerprint density at radius 2 is 1.22 bits per heavy atom. The molecule has 5 heteroatoms. The number of likely N-dealkylation sites (tertiary alicyclic amines) is 1. The van der Waals surface area contributed by atoms with Crippen LogP contribution in [0.5, 0.6) is 0 Å². The van der Waals surface area contributed by atoms with E-state index in [0.717, 1.165) is 66.6 Å². The molecular formula is C31H30N2O3. The number of imide groups is 1.